The van der Waals surface area contributed by atoms with Crippen LogP contribution in [-0.2, 0) is 4.79 Å². The number of benzene rings is 2. The molecular weight excluding hydrogens is 300 g/mol. The van der Waals surface area contributed by atoms with Crippen LogP contribution >= 0.6 is 0 Å². The van der Waals surface area contributed by atoms with Crippen molar-refractivity contribution in [3.05, 3.63) is 54.6 Å². The molecule has 0 fully saturated rings. The van der Waals surface area contributed by atoms with Crippen LogP contribution in [0.15, 0.2) is 54.6 Å². The number of para-hydroxylation sites is 3. The van der Waals surface area contributed by atoms with E-state index in [9.17, 15) is 4.79 Å². The monoisotopic (exact) mass is 326 g/mol. The molecule has 0 bridgehead atoms. The van der Waals surface area contributed by atoms with Gasteiger partial charge in [0.15, 0.2) is 5.75 Å². The average molecular weight is 326 g/mol. The topological polar surface area (TPSA) is 41.6 Å². The Hall–Kier alpha value is -2.49. The molecule has 0 atom stereocenters. The fourth-order valence-electron chi connectivity index (χ4n) is 2.33. The summed E-state index contributed by atoms with van der Waals surface area (Å²) in [5, 5.41) is 3.30. The summed E-state index contributed by atoms with van der Waals surface area (Å²) in [6, 6.07) is 17.5. The lowest BCUT2D eigenvalue weighted by Crippen LogP contribution is -2.29. The van der Waals surface area contributed by atoms with Gasteiger partial charge in [0.25, 0.3) is 0 Å². The first-order valence-electron chi connectivity index (χ1n) is 8.50. The molecule has 0 aromatic heterocycles. The lowest BCUT2D eigenvalue weighted by Gasteiger charge is -2.17. The standard InChI is InChI=1S/C20H26N2O2/c1-3-4-16-22(2)20(23)14-15-21-18-12-8-9-13-19(18)24-17-10-6-5-7-11-17/h5-13,21H,3-4,14-16H2,1-2H3. The fourth-order valence-corrected chi connectivity index (χ4v) is 2.33. The Balaban J connectivity index is 1.88. The van der Waals surface area contributed by atoms with Gasteiger partial charge in [-0.1, -0.05) is 43.7 Å². The van der Waals surface area contributed by atoms with Crippen molar-refractivity contribution in [3.63, 3.8) is 0 Å². The van der Waals surface area contributed by atoms with Crippen LogP contribution in [0.1, 0.15) is 26.2 Å². The van der Waals surface area contributed by atoms with Crippen molar-refractivity contribution >= 4 is 11.6 Å². The Morgan fingerprint density at radius 2 is 1.79 bits per heavy atom. The van der Waals surface area contributed by atoms with Crippen molar-refractivity contribution in [3.8, 4) is 11.5 Å². The molecule has 1 N–H and O–H groups in total. The van der Waals surface area contributed by atoms with Gasteiger partial charge in [-0.3, -0.25) is 4.79 Å². The normalized spacial score (nSPS) is 10.2. The number of hydrogen-bond acceptors (Lipinski definition) is 3. The van der Waals surface area contributed by atoms with Gasteiger partial charge < -0.3 is 15.0 Å². The summed E-state index contributed by atoms with van der Waals surface area (Å²) in [7, 11) is 1.87. The minimum atomic E-state index is 0.164. The quantitative estimate of drug-likeness (QED) is 0.735. The molecule has 4 heteroatoms. The summed E-state index contributed by atoms with van der Waals surface area (Å²) in [5.74, 6) is 1.72. The van der Waals surface area contributed by atoms with E-state index in [1.54, 1.807) is 4.90 Å². The number of nitrogens with one attached hydrogen (secondary N) is 1. The maximum atomic E-state index is 12.1. The highest BCUT2D eigenvalue weighted by Crippen LogP contribution is 2.28. The van der Waals surface area contributed by atoms with Crippen molar-refractivity contribution in [1.82, 2.24) is 4.90 Å². The molecule has 2 aromatic carbocycles. The molecule has 0 spiro atoms. The third-order valence-electron chi connectivity index (χ3n) is 3.79. The Labute approximate surface area is 144 Å². The smallest absolute Gasteiger partial charge is 0.224 e. The van der Waals surface area contributed by atoms with E-state index in [0.717, 1.165) is 36.6 Å². The van der Waals surface area contributed by atoms with Crippen LogP contribution in [0.3, 0.4) is 0 Å². The number of nitrogens with zero attached hydrogens (tertiary/aromatic N) is 1. The minimum absolute atomic E-state index is 0.164. The second-order valence-electron chi connectivity index (χ2n) is 5.76. The summed E-state index contributed by atoms with van der Waals surface area (Å²) in [6.07, 6.45) is 2.61. The van der Waals surface area contributed by atoms with Gasteiger partial charge in [0.1, 0.15) is 5.75 Å². The van der Waals surface area contributed by atoms with Crippen LogP contribution < -0.4 is 10.1 Å². The molecule has 0 heterocycles. The zero-order valence-electron chi connectivity index (χ0n) is 14.5. The first kappa shape index (κ1) is 17.9. The number of unbranched alkanes of at least 4 members (excludes halogenated alkanes) is 1. The van der Waals surface area contributed by atoms with Gasteiger partial charge in [-0.25, -0.2) is 0 Å². The number of ether oxygens (including phenoxy) is 1. The second-order valence-corrected chi connectivity index (χ2v) is 5.76. The summed E-state index contributed by atoms with van der Waals surface area (Å²) >= 11 is 0. The van der Waals surface area contributed by atoms with Crippen molar-refractivity contribution in [2.45, 2.75) is 26.2 Å². The van der Waals surface area contributed by atoms with Crippen LogP contribution in [0.5, 0.6) is 11.5 Å². The van der Waals surface area contributed by atoms with E-state index in [0.29, 0.717) is 13.0 Å². The van der Waals surface area contributed by atoms with Gasteiger partial charge in [0.05, 0.1) is 5.69 Å². The largest absolute Gasteiger partial charge is 0.455 e. The van der Waals surface area contributed by atoms with E-state index in [1.165, 1.54) is 0 Å². The van der Waals surface area contributed by atoms with E-state index in [-0.39, 0.29) is 5.91 Å². The number of rotatable bonds is 9. The maximum absolute atomic E-state index is 12.1. The van der Waals surface area contributed by atoms with Crippen molar-refractivity contribution < 1.29 is 9.53 Å². The van der Waals surface area contributed by atoms with Crippen molar-refractivity contribution in [2.24, 2.45) is 0 Å². The van der Waals surface area contributed by atoms with Crippen LogP contribution in [-0.4, -0.2) is 30.9 Å². The van der Waals surface area contributed by atoms with Gasteiger partial charge in [0.2, 0.25) is 5.91 Å². The van der Waals surface area contributed by atoms with Crippen molar-refractivity contribution in [2.75, 3.05) is 25.5 Å². The van der Waals surface area contributed by atoms with Crippen LogP contribution in [0, 0.1) is 0 Å². The van der Waals surface area contributed by atoms with E-state index in [2.05, 4.69) is 12.2 Å². The lowest BCUT2D eigenvalue weighted by atomic mass is 10.2. The molecule has 4 nitrogen and oxygen atoms in total. The highest BCUT2D eigenvalue weighted by Gasteiger charge is 2.09. The minimum Gasteiger partial charge on any atom is -0.455 e. The molecular formula is C20H26N2O2. The average Bonchev–Trinajstić information content (AvgIpc) is 2.62. The van der Waals surface area contributed by atoms with Gasteiger partial charge in [-0.2, -0.15) is 0 Å². The van der Waals surface area contributed by atoms with Crippen LogP contribution in [0.25, 0.3) is 0 Å². The SMILES string of the molecule is CCCCN(C)C(=O)CCNc1ccccc1Oc1ccccc1. The van der Waals surface area contributed by atoms with Gasteiger partial charge >= 0.3 is 0 Å². The number of carbonyl (C=O) groups excluding carboxylic acids is 1. The first-order chi connectivity index (χ1) is 11.7. The zero-order valence-corrected chi connectivity index (χ0v) is 14.5. The first-order valence-corrected chi connectivity index (χ1v) is 8.50. The van der Waals surface area contributed by atoms with Gasteiger partial charge in [-0.05, 0) is 30.7 Å². The molecule has 2 aromatic rings. The highest BCUT2D eigenvalue weighted by atomic mass is 16.5. The zero-order chi connectivity index (χ0) is 17.2. The van der Waals surface area contributed by atoms with E-state index in [4.69, 9.17) is 4.74 Å². The summed E-state index contributed by atoms with van der Waals surface area (Å²) in [4.78, 5) is 13.9. The molecule has 2 rings (SSSR count). The van der Waals surface area contributed by atoms with Gasteiger partial charge in [-0.15, -0.1) is 0 Å². The third-order valence-corrected chi connectivity index (χ3v) is 3.79. The molecule has 0 radical (unpaired) electrons. The Morgan fingerprint density at radius 1 is 1.08 bits per heavy atom. The number of amides is 1. The number of hydrogen-bond donors (Lipinski definition) is 1. The molecule has 0 saturated heterocycles. The van der Waals surface area contributed by atoms with E-state index >= 15 is 0 Å². The van der Waals surface area contributed by atoms with E-state index < -0.39 is 0 Å². The van der Waals surface area contributed by atoms with Crippen molar-refractivity contribution in [1.29, 1.82) is 0 Å². The Morgan fingerprint density at radius 3 is 2.54 bits per heavy atom. The number of anilines is 1. The Bertz CT molecular complexity index is 629. The predicted molar refractivity (Wildman–Crippen MR) is 98.6 cm³/mol. The van der Waals surface area contributed by atoms with Gasteiger partial charge in [0, 0.05) is 26.6 Å². The second kappa shape index (κ2) is 9.60. The highest BCUT2D eigenvalue weighted by molar-refractivity contribution is 5.76. The molecule has 0 unspecified atom stereocenters. The molecule has 128 valence electrons. The molecule has 24 heavy (non-hydrogen) atoms. The molecule has 0 aliphatic heterocycles. The molecule has 0 saturated carbocycles. The lowest BCUT2D eigenvalue weighted by molar-refractivity contribution is -0.129. The Kier molecular flexibility index (Phi) is 7.15. The fraction of sp³-hybridized carbons (Fsp3) is 0.350. The number of carbonyl (C=O) groups is 1. The molecule has 0 aliphatic carbocycles. The third kappa shape index (κ3) is 5.61. The predicted octanol–water partition coefficient (Wildman–Crippen LogP) is 4.54. The summed E-state index contributed by atoms with van der Waals surface area (Å²) in [5.41, 5.74) is 0.894. The molecule has 0 aliphatic rings. The summed E-state index contributed by atoms with van der Waals surface area (Å²) < 4.78 is 5.91. The van der Waals surface area contributed by atoms with Crippen LogP contribution in [0.2, 0.25) is 0 Å². The maximum Gasteiger partial charge on any atom is 0.224 e. The molecule has 1 amide bonds. The van der Waals surface area contributed by atoms with E-state index in [1.807, 2.05) is 61.6 Å². The van der Waals surface area contributed by atoms with Crippen LogP contribution in [0.4, 0.5) is 5.69 Å². The summed E-state index contributed by atoms with van der Waals surface area (Å²) in [6.45, 7) is 3.54.